The van der Waals surface area contributed by atoms with Gasteiger partial charge in [0.25, 0.3) is 0 Å². The van der Waals surface area contributed by atoms with E-state index in [-0.39, 0.29) is 17.9 Å². The SMILES string of the molecule is CCCC[P+](CCCC)(CCCC)Cc1ccc(NC(=O)C2Cc3ccccc3CN2C(=O)C(CCc2ccccc2)NC(=NC2CCCCC2)NC2CCCCC2)cc1. The van der Waals surface area contributed by atoms with Gasteiger partial charge in [0.15, 0.2) is 5.96 Å². The zero-order valence-electron chi connectivity index (χ0n) is 37.4. The van der Waals surface area contributed by atoms with Crippen LogP contribution in [0.4, 0.5) is 5.69 Å². The molecule has 8 heteroatoms. The van der Waals surface area contributed by atoms with Gasteiger partial charge in [-0.3, -0.25) is 9.59 Å². The average molecular weight is 835 g/mol. The smallest absolute Gasteiger partial charge is 0.247 e. The van der Waals surface area contributed by atoms with Crippen molar-refractivity contribution in [3.63, 3.8) is 0 Å². The van der Waals surface area contributed by atoms with E-state index in [0.717, 1.165) is 54.9 Å². The molecule has 6 rings (SSSR count). The number of aryl methyl sites for hydroxylation is 1. The van der Waals surface area contributed by atoms with Gasteiger partial charge in [-0.15, -0.1) is 0 Å². The predicted octanol–water partition coefficient (Wildman–Crippen LogP) is 11.7. The predicted molar refractivity (Wildman–Crippen MR) is 256 cm³/mol. The maximum absolute atomic E-state index is 15.2. The summed E-state index contributed by atoms with van der Waals surface area (Å²) in [6.07, 6.45) is 26.8. The molecule has 0 aromatic heterocycles. The summed E-state index contributed by atoms with van der Waals surface area (Å²) in [5.41, 5.74) is 5.64. The highest BCUT2D eigenvalue weighted by molar-refractivity contribution is 7.75. The highest BCUT2D eigenvalue weighted by atomic mass is 31.2. The molecule has 2 saturated carbocycles. The summed E-state index contributed by atoms with van der Waals surface area (Å²) in [6, 6.07) is 26.9. The Morgan fingerprint density at radius 2 is 1.32 bits per heavy atom. The van der Waals surface area contributed by atoms with Crippen molar-refractivity contribution in [2.45, 2.75) is 180 Å². The zero-order valence-corrected chi connectivity index (χ0v) is 38.3. The van der Waals surface area contributed by atoms with E-state index in [2.05, 4.69) is 97.4 Å². The zero-order chi connectivity index (χ0) is 42.0. The molecule has 2 atom stereocenters. The second kappa shape index (κ2) is 24.1. The Bertz CT molecular complexity index is 1750. The quantitative estimate of drug-likeness (QED) is 0.0601. The molecule has 7 nitrogen and oxygen atoms in total. The molecule has 0 radical (unpaired) electrons. The number of carbonyl (C=O) groups is 2. The fourth-order valence-electron chi connectivity index (χ4n) is 9.88. The number of hydrogen-bond acceptors (Lipinski definition) is 3. The van der Waals surface area contributed by atoms with Crippen LogP contribution < -0.4 is 16.0 Å². The largest absolute Gasteiger partial charge is 0.354 e. The van der Waals surface area contributed by atoms with Crippen molar-refractivity contribution >= 4 is 30.7 Å². The maximum Gasteiger partial charge on any atom is 0.247 e. The first kappa shape index (κ1) is 45.8. The Hall–Kier alpha value is -3.70. The first-order valence-corrected chi connectivity index (χ1v) is 26.7. The van der Waals surface area contributed by atoms with Crippen LogP contribution in [-0.4, -0.2) is 65.3 Å². The summed E-state index contributed by atoms with van der Waals surface area (Å²) in [7, 11) is -1.10. The molecule has 3 aliphatic rings. The van der Waals surface area contributed by atoms with Gasteiger partial charge in [-0.1, -0.05) is 145 Å². The van der Waals surface area contributed by atoms with Crippen LogP contribution in [0.25, 0.3) is 0 Å². The minimum Gasteiger partial charge on any atom is -0.354 e. The third kappa shape index (κ3) is 13.7. The number of amides is 2. The standard InChI is InChI=1S/C52H76N5O2P/c1-4-7-35-60(36-8-5-2,37-9-6-3)40-42-29-32-47(33-30-42)53-50(58)49-38-43-23-19-20-24-44(43)39-57(49)51(59)48(34-31-41-21-13-10-14-22-41)56-52(54-45-25-15-11-16-26-45)55-46-27-17-12-18-28-46/h10,13-14,19-24,29-30,32-33,45-46,48-49H,4-9,11-12,15-18,25-28,31,34-40H2,1-3H3,(H2-,53,54,55,56,58)/p+1. The number of hydrogen-bond donors (Lipinski definition) is 3. The van der Waals surface area contributed by atoms with Gasteiger partial charge in [0, 0.05) is 32.0 Å². The summed E-state index contributed by atoms with van der Waals surface area (Å²) in [6.45, 7) is 7.38. The summed E-state index contributed by atoms with van der Waals surface area (Å²) in [4.78, 5) is 37.0. The molecule has 326 valence electrons. The number of rotatable bonds is 20. The van der Waals surface area contributed by atoms with Gasteiger partial charge >= 0.3 is 0 Å². The van der Waals surface area contributed by atoms with Crippen LogP contribution in [0.3, 0.4) is 0 Å². The molecule has 3 N–H and O–H groups in total. The molecule has 60 heavy (non-hydrogen) atoms. The minimum atomic E-state index is -1.10. The molecule has 1 aliphatic heterocycles. The average Bonchev–Trinajstić information content (AvgIpc) is 3.29. The molecule has 1 heterocycles. The van der Waals surface area contributed by atoms with E-state index in [1.165, 1.54) is 113 Å². The maximum atomic E-state index is 15.2. The van der Waals surface area contributed by atoms with E-state index >= 15 is 4.79 Å². The molecule has 0 saturated heterocycles. The van der Waals surface area contributed by atoms with E-state index < -0.39 is 19.3 Å². The molecule has 0 spiro atoms. The van der Waals surface area contributed by atoms with E-state index in [0.29, 0.717) is 25.4 Å². The van der Waals surface area contributed by atoms with Crippen molar-refractivity contribution in [2.75, 3.05) is 23.8 Å². The minimum absolute atomic E-state index is 0.0377. The molecule has 0 bridgehead atoms. The van der Waals surface area contributed by atoms with E-state index in [1.807, 2.05) is 23.1 Å². The van der Waals surface area contributed by atoms with Crippen LogP contribution in [0.2, 0.25) is 0 Å². The lowest BCUT2D eigenvalue weighted by Gasteiger charge is -2.38. The van der Waals surface area contributed by atoms with Crippen molar-refractivity contribution in [1.29, 1.82) is 0 Å². The summed E-state index contributed by atoms with van der Waals surface area (Å²) in [5, 5.41) is 10.8. The molecule has 2 amide bonds. The third-order valence-corrected chi connectivity index (χ3v) is 18.4. The van der Waals surface area contributed by atoms with Crippen LogP contribution in [0.15, 0.2) is 83.9 Å². The van der Waals surface area contributed by atoms with Gasteiger partial charge in [0.2, 0.25) is 11.8 Å². The van der Waals surface area contributed by atoms with Crippen LogP contribution in [0.1, 0.15) is 152 Å². The molecular formula is C52H77N5O2P+. The second-order valence-electron chi connectivity index (χ2n) is 18.3. The highest BCUT2D eigenvalue weighted by Gasteiger charge is 2.39. The summed E-state index contributed by atoms with van der Waals surface area (Å²) < 4.78 is 0. The number of anilines is 1. The van der Waals surface area contributed by atoms with Crippen molar-refractivity contribution in [3.8, 4) is 0 Å². The van der Waals surface area contributed by atoms with Crippen LogP contribution in [0.5, 0.6) is 0 Å². The topological polar surface area (TPSA) is 85.8 Å². The monoisotopic (exact) mass is 835 g/mol. The van der Waals surface area contributed by atoms with Gasteiger partial charge in [0.1, 0.15) is 12.1 Å². The molecule has 3 aromatic carbocycles. The number of benzene rings is 3. The van der Waals surface area contributed by atoms with Crippen molar-refractivity contribution in [2.24, 2.45) is 4.99 Å². The first-order valence-electron chi connectivity index (χ1n) is 24.2. The van der Waals surface area contributed by atoms with Gasteiger partial charge in [0.05, 0.1) is 30.7 Å². The molecule has 2 unspecified atom stereocenters. The van der Waals surface area contributed by atoms with Crippen molar-refractivity contribution < 1.29 is 9.59 Å². The number of fused-ring (bicyclic) bond motifs is 1. The van der Waals surface area contributed by atoms with Crippen LogP contribution in [0, 0.1) is 0 Å². The van der Waals surface area contributed by atoms with E-state index in [9.17, 15) is 4.79 Å². The number of guanidine groups is 1. The second-order valence-corrected chi connectivity index (χ2v) is 22.7. The number of unbranched alkanes of at least 4 members (excludes halogenated alkanes) is 3. The van der Waals surface area contributed by atoms with Gasteiger partial charge in [-0.2, -0.15) is 0 Å². The lowest BCUT2D eigenvalue weighted by atomic mass is 9.92. The number of nitrogens with zero attached hydrogens (tertiary/aromatic N) is 2. The number of carbonyl (C=O) groups excluding carboxylic acids is 2. The lowest BCUT2D eigenvalue weighted by Crippen LogP contribution is -2.58. The Morgan fingerprint density at radius 1 is 0.717 bits per heavy atom. The van der Waals surface area contributed by atoms with E-state index in [4.69, 9.17) is 4.99 Å². The van der Waals surface area contributed by atoms with E-state index in [1.54, 1.807) is 0 Å². The van der Waals surface area contributed by atoms with Gasteiger partial charge < -0.3 is 20.9 Å². The fourth-order valence-corrected chi connectivity index (χ4v) is 15.0. The highest BCUT2D eigenvalue weighted by Crippen LogP contribution is 2.63. The van der Waals surface area contributed by atoms with Gasteiger partial charge in [-0.25, -0.2) is 4.99 Å². The first-order chi connectivity index (χ1) is 29.4. The normalized spacial score (nSPS) is 18.4. The van der Waals surface area contributed by atoms with Crippen LogP contribution in [-0.2, 0) is 35.1 Å². The van der Waals surface area contributed by atoms with Crippen LogP contribution >= 0.6 is 7.26 Å². The molecule has 2 fully saturated rings. The molecule has 3 aromatic rings. The lowest BCUT2D eigenvalue weighted by molar-refractivity contribution is -0.141. The third-order valence-electron chi connectivity index (χ3n) is 13.5. The Kier molecular flexibility index (Phi) is 18.4. The Labute approximate surface area is 364 Å². The Balaban J connectivity index is 1.24. The summed E-state index contributed by atoms with van der Waals surface area (Å²) >= 11 is 0. The Morgan fingerprint density at radius 3 is 1.95 bits per heavy atom. The van der Waals surface area contributed by atoms with Gasteiger partial charge in [-0.05, 0) is 92.2 Å². The fraction of sp³-hybridized carbons (Fsp3) is 0.596. The summed E-state index contributed by atoms with van der Waals surface area (Å²) in [5.74, 6) is 0.605. The molecule has 2 aliphatic carbocycles. The number of nitrogens with one attached hydrogen (secondary N) is 3. The number of aliphatic imine (C=N–C) groups is 1. The van der Waals surface area contributed by atoms with Crippen molar-refractivity contribution in [3.05, 3.63) is 101 Å². The molecular weight excluding hydrogens is 758 g/mol. The van der Waals surface area contributed by atoms with Crippen molar-refractivity contribution in [1.82, 2.24) is 15.5 Å².